The number of aromatic amines is 1. The number of aliphatic hydroxyl groups is 1. The second-order valence-corrected chi connectivity index (χ2v) is 8.32. The number of halogens is 1. The topological polar surface area (TPSA) is 102 Å². The van der Waals surface area contributed by atoms with Gasteiger partial charge in [0.25, 0.3) is 0 Å². The minimum Gasteiger partial charge on any atom is -0.460 e. The lowest BCUT2D eigenvalue weighted by atomic mass is 9.94. The maximum absolute atomic E-state index is 13.5. The molecule has 8 nitrogen and oxygen atoms in total. The van der Waals surface area contributed by atoms with Crippen LogP contribution in [0.15, 0.2) is 36.5 Å². The Balaban J connectivity index is 1.51. The monoisotopic (exact) mass is 426 g/mol. The fourth-order valence-corrected chi connectivity index (χ4v) is 3.27. The van der Waals surface area contributed by atoms with Gasteiger partial charge in [-0.15, -0.1) is 0 Å². The van der Waals surface area contributed by atoms with E-state index in [1.54, 1.807) is 24.4 Å². The van der Waals surface area contributed by atoms with Crippen molar-refractivity contribution in [1.82, 2.24) is 19.9 Å². The number of aromatic nitrogens is 4. The molecule has 9 heteroatoms. The first-order valence-corrected chi connectivity index (χ1v) is 10.2. The Labute approximate surface area is 178 Å². The number of imidazole rings is 1. The molecule has 162 valence electrons. The number of nitrogens with zero attached hydrogens (tertiary/aromatic N) is 3. The van der Waals surface area contributed by atoms with Crippen LogP contribution in [0.5, 0.6) is 6.01 Å². The van der Waals surface area contributed by atoms with Crippen LogP contribution in [0, 0.1) is 11.2 Å². The highest BCUT2D eigenvalue weighted by Gasteiger charge is 2.35. The predicted molar refractivity (Wildman–Crippen MR) is 108 cm³/mol. The van der Waals surface area contributed by atoms with Crippen molar-refractivity contribution in [2.45, 2.75) is 32.2 Å². The van der Waals surface area contributed by atoms with E-state index in [0.29, 0.717) is 42.1 Å². The largest absolute Gasteiger partial charge is 0.460 e. The highest BCUT2D eigenvalue weighted by atomic mass is 19.1. The fourth-order valence-electron chi connectivity index (χ4n) is 3.27. The molecular formula is C22H23FN4O4. The first-order chi connectivity index (χ1) is 15.0. The molecule has 5 rings (SSSR count). The minimum atomic E-state index is -0.711. The van der Waals surface area contributed by atoms with Crippen LogP contribution in [-0.4, -0.2) is 51.0 Å². The Kier molecular flexibility index (Phi) is 5.17. The van der Waals surface area contributed by atoms with E-state index >= 15 is 0 Å². The van der Waals surface area contributed by atoms with Crippen LogP contribution in [0.2, 0.25) is 0 Å². The summed E-state index contributed by atoms with van der Waals surface area (Å²) in [6.07, 6.45) is 3.11. The van der Waals surface area contributed by atoms with Gasteiger partial charge in [-0.25, -0.2) is 14.4 Å². The van der Waals surface area contributed by atoms with Crippen molar-refractivity contribution < 1.29 is 23.7 Å². The number of H-pyrrole nitrogens is 1. The van der Waals surface area contributed by atoms with E-state index in [4.69, 9.17) is 19.2 Å². The molecule has 3 aromatic rings. The molecule has 1 aliphatic carbocycles. The molecule has 0 spiro atoms. The third-order valence-corrected chi connectivity index (χ3v) is 5.30. The second-order valence-electron chi connectivity index (χ2n) is 8.32. The molecule has 0 amide bonds. The molecule has 0 atom stereocenters. The Morgan fingerprint density at radius 1 is 1.16 bits per heavy atom. The summed E-state index contributed by atoms with van der Waals surface area (Å²) < 4.78 is 30.9. The SMILES string of the molecule is CC1(CO)COC(c2nc(-c3ccc(F)cc3)c(-c3ccnc(OC4CC4)n3)[nH]2)OC1. The lowest BCUT2D eigenvalue weighted by Crippen LogP contribution is -2.39. The zero-order valence-corrected chi connectivity index (χ0v) is 17.0. The predicted octanol–water partition coefficient (Wildman–Crippen LogP) is 3.26. The average Bonchev–Trinajstić information content (AvgIpc) is 3.49. The van der Waals surface area contributed by atoms with Crippen LogP contribution in [-0.2, 0) is 9.47 Å². The molecule has 1 saturated carbocycles. The quantitative estimate of drug-likeness (QED) is 0.624. The van der Waals surface area contributed by atoms with Crippen molar-refractivity contribution in [2.75, 3.05) is 19.8 Å². The summed E-state index contributed by atoms with van der Waals surface area (Å²) in [5.74, 6) is 0.142. The maximum Gasteiger partial charge on any atom is 0.317 e. The zero-order chi connectivity index (χ0) is 21.4. The molecule has 1 saturated heterocycles. The smallest absolute Gasteiger partial charge is 0.317 e. The van der Waals surface area contributed by atoms with Crippen LogP contribution in [0.25, 0.3) is 22.6 Å². The standard InChI is InChI=1S/C22H23FN4O4/c1-22(10-28)11-29-20(30-12-22)19-26-17(13-2-4-14(23)5-3-13)18(27-19)16-8-9-24-21(25-16)31-15-6-7-15/h2-5,8-9,15,20,28H,6-7,10-12H2,1H3,(H,26,27). The van der Waals surface area contributed by atoms with Gasteiger partial charge in [-0.2, -0.15) is 4.98 Å². The van der Waals surface area contributed by atoms with Crippen molar-refractivity contribution >= 4 is 0 Å². The molecule has 0 bridgehead atoms. The van der Waals surface area contributed by atoms with Gasteiger partial charge in [0.1, 0.15) is 11.9 Å². The van der Waals surface area contributed by atoms with E-state index in [-0.39, 0.29) is 18.5 Å². The van der Waals surface area contributed by atoms with Crippen molar-refractivity contribution in [3.05, 3.63) is 48.2 Å². The molecular weight excluding hydrogens is 403 g/mol. The normalized spacial score (nSPS) is 23.6. The first-order valence-electron chi connectivity index (χ1n) is 10.2. The van der Waals surface area contributed by atoms with Gasteiger partial charge >= 0.3 is 6.01 Å². The molecule has 2 fully saturated rings. The molecule has 0 unspecified atom stereocenters. The number of hydrogen-bond donors (Lipinski definition) is 2. The minimum absolute atomic E-state index is 0.0331. The fraction of sp³-hybridized carbons (Fsp3) is 0.409. The van der Waals surface area contributed by atoms with Crippen LogP contribution < -0.4 is 4.74 Å². The summed E-state index contributed by atoms with van der Waals surface area (Å²) in [6.45, 7) is 2.53. The molecule has 3 heterocycles. The number of aliphatic hydroxyl groups excluding tert-OH is 1. The summed E-state index contributed by atoms with van der Waals surface area (Å²) in [6, 6.07) is 8.16. The third kappa shape index (κ3) is 4.30. The molecule has 2 aliphatic rings. The Morgan fingerprint density at radius 3 is 2.58 bits per heavy atom. The summed E-state index contributed by atoms with van der Waals surface area (Å²) in [5, 5.41) is 9.53. The van der Waals surface area contributed by atoms with Crippen molar-refractivity contribution in [2.24, 2.45) is 5.41 Å². The van der Waals surface area contributed by atoms with Gasteiger partial charge in [0.15, 0.2) is 5.82 Å². The van der Waals surface area contributed by atoms with Gasteiger partial charge in [0.05, 0.1) is 36.9 Å². The summed E-state index contributed by atoms with van der Waals surface area (Å²) >= 11 is 0. The van der Waals surface area contributed by atoms with Gasteiger partial charge in [-0.1, -0.05) is 6.92 Å². The maximum atomic E-state index is 13.5. The van der Waals surface area contributed by atoms with Gasteiger partial charge in [-0.3, -0.25) is 0 Å². The van der Waals surface area contributed by atoms with E-state index in [2.05, 4.69) is 15.0 Å². The Bertz CT molecular complexity index is 1060. The molecule has 1 aromatic carbocycles. The molecule has 2 aromatic heterocycles. The second kappa shape index (κ2) is 7.99. The Morgan fingerprint density at radius 2 is 1.90 bits per heavy atom. The van der Waals surface area contributed by atoms with Crippen molar-refractivity contribution in [3.8, 4) is 28.7 Å². The van der Waals surface area contributed by atoms with Crippen LogP contribution in [0.4, 0.5) is 4.39 Å². The Hall–Kier alpha value is -2.88. The van der Waals surface area contributed by atoms with Crippen LogP contribution in [0.1, 0.15) is 31.9 Å². The van der Waals surface area contributed by atoms with Crippen molar-refractivity contribution in [3.63, 3.8) is 0 Å². The van der Waals surface area contributed by atoms with Gasteiger partial charge < -0.3 is 24.3 Å². The number of hydrogen-bond acceptors (Lipinski definition) is 7. The number of rotatable bonds is 6. The third-order valence-electron chi connectivity index (χ3n) is 5.30. The van der Waals surface area contributed by atoms with Gasteiger partial charge in [-0.05, 0) is 43.2 Å². The number of benzene rings is 1. The number of ether oxygens (including phenoxy) is 3. The molecule has 1 aliphatic heterocycles. The summed E-state index contributed by atoms with van der Waals surface area (Å²) in [4.78, 5) is 16.7. The molecule has 2 N–H and O–H groups in total. The van der Waals surface area contributed by atoms with Gasteiger partial charge in [0, 0.05) is 17.2 Å². The zero-order valence-electron chi connectivity index (χ0n) is 17.0. The summed E-state index contributed by atoms with van der Waals surface area (Å²) in [7, 11) is 0. The summed E-state index contributed by atoms with van der Waals surface area (Å²) in [5.41, 5.74) is 2.09. The van der Waals surface area contributed by atoms with Gasteiger partial charge in [0.2, 0.25) is 6.29 Å². The van der Waals surface area contributed by atoms with E-state index in [1.165, 1.54) is 12.1 Å². The van der Waals surface area contributed by atoms with E-state index in [0.717, 1.165) is 18.4 Å². The lowest BCUT2D eigenvalue weighted by Gasteiger charge is -2.35. The lowest BCUT2D eigenvalue weighted by molar-refractivity contribution is -0.239. The molecule has 0 radical (unpaired) electrons. The van der Waals surface area contributed by atoms with E-state index in [1.807, 2.05) is 6.92 Å². The molecule has 31 heavy (non-hydrogen) atoms. The van der Waals surface area contributed by atoms with Crippen LogP contribution in [0.3, 0.4) is 0 Å². The van der Waals surface area contributed by atoms with Crippen molar-refractivity contribution in [1.29, 1.82) is 0 Å². The number of nitrogens with one attached hydrogen (secondary N) is 1. The van der Waals surface area contributed by atoms with Crippen LogP contribution >= 0.6 is 0 Å². The van der Waals surface area contributed by atoms with E-state index < -0.39 is 11.7 Å². The highest BCUT2D eigenvalue weighted by Crippen LogP contribution is 2.35. The average molecular weight is 426 g/mol. The first kappa shape index (κ1) is 20.0. The van der Waals surface area contributed by atoms with E-state index in [9.17, 15) is 9.50 Å². The highest BCUT2D eigenvalue weighted by molar-refractivity contribution is 5.76.